The number of furan rings is 1. The molecule has 8 heteroatoms. The van der Waals surface area contributed by atoms with Crippen molar-refractivity contribution in [3.63, 3.8) is 0 Å². The summed E-state index contributed by atoms with van der Waals surface area (Å²) in [6.07, 6.45) is 1.53. The van der Waals surface area contributed by atoms with Gasteiger partial charge in [-0.3, -0.25) is 9.59 Å². The van der Waals surface area contributed by atoms with Crippen molar-refractivity contribution < 1.29 is 23.5 Å². The predicted molar refractivity (Wildman–Crippen MR) is 127 cm³/mol. The number of nitrogens with zero attached hydrogens (tertiary/aromatic N) is 1. The summed E-state index contributed by atoms with van der Waals surface area (Å²) >= 11 is 1.34. The minimum atomic E-state index is -0.542. The number of hydrogen-bond acceptors (Lipinski definition) is 6. The number of aryl methyl sites for hydroxylation is 1. The van der Waals surface area contributed by atoms with E-state index in [9.17, 15) is 14.4 Å². The largest absolute Gasteiger partial charge is 0.467 e. The van der Waals surface area contributed by atoms with E-state index < -0.39 is 18.5 Å². The van der Waals surface area contributed by atoms with Crippen LogP contribution in [0.3, 0.4) is 0 Å². The molecule has 0 aliphatic carbocycles. The highest BCUT2D eigenvalue weighted by molar-refractivity contribution is 7.21. The number of rotatable bonds is 7. The van der Waals surface area contributed by atoms with E-state index in [2.05, 4.69) is 5.32 Å². The molecule has 0 atom stereocenters. The highest BCUT2D eigenvalue weighted by atomic mass is 32.1. The van der Waals surface area contributed by atoms with Gasteiger partial charge in [-0.2, -0.15) is 0 Å². The maximum Gasteiger partial charge on any atom is 0.349 e. The summed E-state index contributed by atoms with van der Waals surface area (Å²) in [6.45, 7) is 1.65. The number of hydrogen-bond donors (Lipinski definition) is 1. The fraction of sp³-hybridized carbons (Fsp3) is 0.160. The zero-order valence-corrected chi connectivity index (χ0v) is 19.0. The van der Waals surface area contributed by atoms with Crippen LogP contribution in [0.25, 0.3) is 10.1 Å². The van der Waals surface area contributed by atoms with Crippen molar-refractivity contribution in [2.45, 2.75) is 13.5 Å². The Balaban J connectivity index is 1.42. The zero-order valence-electron chi connectivity index (χ0n) is 18.2. The lowest BCUT2D eigenvalue weighted by Crippen LogP contribution is -2.33. The van der Waals surface area contributed by atoms with Gasteiger partial charge in [0.25, 0.3) is 11.8 Å². The van der Waals surface area contributed by atoms with E-state index in [1.54, 1.807) is 43.4 Å². The molecule has 2 aromatic carbocycles. The summed E-state index contributed by atoms with van der Waals surface area (Å²) in [5.41, 5.74) is 1.57. The van der Waals surface area contributed by atoms with Crippen molar-refractivity contribution in [1.82, 2.24) is 5.32 Å². The second kappa shape index (κ2) is 9.70. The van der Waals surface area contributed by atoms with Crippen LogP contribution in [0.1, 0.15) is 31.4 Å². The minimum absolute atomic E-state index is 0.226. The number of carbonyl (C=O) groups is 3. The fourth-order valence-corrected chi connectivity index (χ4v) is 4.53. The lowest BCUT2D eigenvalue weighted by molar-refractivity contribution is -0.121. The highest BCUT2D eigenvalue weighted by Gasteiger charge is 2.22. The van der Waals surface area contributed by atoms with E-state index in [1.165, 1.54) is 22.5 Å². The molecule has 0 aliphatic heterocycles. The molecular formula is C25H22N2O5S. The Labute approximate surface area is 194 Å². The van der Waals surface area contributed by atoms with Crippen LogP contribution >= 0.6 is 11.3 Å². The quantitative estimate of drug-likeness (QED) is 0.407. The van der Waals surface area contributed by atoms with E-state index in [0.717, 1.165) is 15.6 Å². The fourth-order valence-electron chi connectivity index (χ4n) is 3.43. The number of amides is 2. The van der Waals surface area contributed by atoms with Crippen LogP contribution in [0.5, 0.6) is 0 Å². The van der Waals surface area contributed by atoms with Crippen molar-refractivity contribution in [3.05, 3.63) is 88.7 Å². The standard InChI is InChI=1S/C25H22N2O5S/c1-16-18-9-4-6-12-21(18)33-23(16)25(30)32-15-22(28)27(2)20-11-5-3-10-19(20)24(29)26-14-17-8-7-13-31-17/h3-13H,14-15H2,1-2H3,(H,26,29). The van der Waals surface area contributed by atoms with Gasteiger partial charge in [-0.15, -0.1) is 11.3 Å². The SMILES string of the molecule is Cc1c(C(=O)OCC(=O)N(C)c2ccccc2C(=O)NCc2ccco2)sc2ccccc12. The molecule has 0 aliphatic rings. The Kier molecular flexibility index (Phi) is 6.55. The molecule has 0 radical (unpaired) electrons. The van der Waals surface area contributed by atoms with Crippen molar-refractivity contribution in [3.8, 4) is 0 Å². The summed E-state index contributed by atoms with van der Waals surface area (Å²) in [6, 6.07) is 18.0. The average Bonchev–Trinajstić information content (AvgIpc) is 3.48. The van der Waals surface area contributed by atoms with Gasteiger partial charge in [0.2, 0.25) is 0 Å². The molecule has 0 unspecified atom stereocenters. The second-order valence-corrected chi connectivity index (χ2v) is 8.41. The van der Waals surface area contributed by atoms with Crippen molar-refractivity contribution in [2.24, 2.45) is 0 Å². The Hall–Kier alpha value is -3.91. The summed E-state index contributed by atoms with van der Waals surface area (Å²) in [4.78, 5) is 39.9. The molecule has 4 aromatic rings. The van der Waals surface area contributed by atoms with Crippen LogP contribution < -0.4 is 10.2 Å². The van der Waals surface area contributed by atoms with Crippen molar-refractivity contribution in [1.29, 1.82) is 0 Å². The first-order valence-corrected chi connectivity index (χ1v) is 11.1. The average molecular weight is 463 g/mol. The van der Waals surface area contributed by atoms with Gasteiger partial charge >= 0.3 is 5.97 Å². The van der Waals surface area contributed by atoms with Crippen LogP contribution in [-0.4, -0.2) is 31.4 Å². The molecule has 33 heavy (non-hydrogen) atoms. The van der Waals surface area contributed by atoms with Gasteiger partial charge in [-0.05, 0) is 48.2 Å². The van der Waals surface area contributed by atoms with Crippen molar-refractivity contribution in [2.75, 3.05) is 18.6 Å². The van der Waals surface area contributed by atoms with Crippen molar-refractivity contribution >= 4 is 44.9 Å². The molecule has 168 valence electrons. The molecule has 2 amide bonds. The second-order valence-electron chi connectivity index (χ2n) is 7.36. The Morgan fingerprint density at radius 1 is 1.03 bits per heavy atom. The topological polar surface area (TPSA) is 88.9 Å². The van der Waals surface area contributed by atoms with Gasteiger partial charge in [0.1, 0.15) is 10.6 Å². The molecule has 0 bridgehead atoms. The highest BCUT2D eigenvalue weighted by Crippen LogP contribution is 2.31. The van der Waals surface area contributed by atoms with Gasteiger partial charge in [0.15, 0.2) is 6.61 Å². The lowest BCUT2D eigenvalue weighted by Gasteiger charge is -2.20. The first-order valence-electron chi connectivity index (χ1n) is 10.3. The number of carbonyl (C=O) groups excluding carboxylic acids is 3. The molecule has 0 saturated carbocycles. The first kappa shape index (κ1) is 22.3. The molecule has 7 nitrogen and oxygen atoms in total. The molecule has 2 aromatic heterocycles. The van der Waals surface area contributed by atoms with Gasteiger partial charge in [-0.1, -0.05) is 30.3 Å². The van der Waals surface area contributed by atoms with Gasteiger partial charge < -0.3 is 19.4 Å². The number of benzene rings is 2. The van der Waals surface area contributed by atoms with E-state index in [1.807, 2.05) is 31.2 Å². The zero-order chi connectivity index (χ0) is 23.4. The van der Waals surface area contributed by atoms with Gasteiger partial charge in [0.05, 0.1) is 24.1 Å². The molecule has 2 heterocycles. The maximum atomic E-state index is 12.8. The monoisotopic (exact) mass is 462 g/mol. The summed E-state index contributed by atoms with van der Waals surface area (Å²) in [7, 11) is 1.54. The van der Waals surface area contributed by atoms with Crippen LogP contribution in [0.15, 0.2) is 71.3 Å². The molecule has 0 spiro atoms. The van der Waals surface area contributed by atoms with E-state index in [-0.39, 0.29) is 12.5 Å². The Bertz CT molecular complexity index is 1310. The number of anilines is 1. The third-order valence-electron chi connectivity index (χ3n) is 5.24. The lowest BCUT2D eigenvalue weighted by atomic mass is 10.1. The van der Waals surface area contributed by atoms with Crippen LogP contribution in [0.4, 0.5) is 5.69 Å². The third-order valence-corrected chi connectivity index (χ3v) is 6.50. The number of likely N-dealkylation sites (N-methyl/N-ethyl adjacent to an activating group) is 1. The van der Waals surface area contributed by atoms with Crippen LogP contribution in [-0.2, 0) is 16.1 Å². The smallest absolute Gasteiger partial charge is 0.349 e. The number of ether oxygens (including phenoxy) is 1. The van der Waals surface area contributed by atoms with Crippen LogP contribution in [0.2, 0.25) is 0 Å². The number of thiophene rings is 1. The normalized spacial score (nSPS) is 10.7. The number of esters is 1. The van der Waals surface area contributed by atoms with Gasteiger partial charge in [-0.25, -0.2) is 4.79 Å². The molecule has 0 fully saturated rings. The minimum Gasteiger partial charge on any atom is -0.467 e. The molecule has 1 N–H and O–H groups in total. The number of fused-ring (bicyclic) bond motifs is 1. The summed E-state index contributed by atoms with van der Waals surface area (Å²) in [5.74, 6) is -0.721. The van der Waals surface area contributed by atoms with Gasteiger partial charge in [0, 0.05) is 11.7 Å². The van der Waals surface area contributed by atoms with E-state index >= 15 is 0 Å². The Morgan fingerprint density at radius 3 is 2.55 bits per heavy atom. The maximum absolute atomic E-state index is 12.8. The molecular weight excluding hydrogens is 440 g/mol. The third kappa shape index (κ3) is 4.80. The number of para-hydroxylation sites is 1. The summed E-state index contributed by atoms with van der Waals surface area (Å²) < 4.78 is 11.5. The molecule has 0 saturated heterocycles. The van der Waals surface area contributed by atoms with Crippen LogP contribution in [0, 0.1) is 6.92 Å². The number of nitrogens with one attached hydrogen (secondary N) is 1. The Morgan fingerprint density at radius 2 is 1.79 bits per heavy atom. The molecule has 4 rings (SSSR count). The van der Waals surface area contributed by atoms with E-state index in [4.69, 9.17) is 9.15 Å². The predicted octanol–water partition coefficient (Wildman–Crippen LogP) is 4.55. The first-order chi connectivity index (χ1) is 16.0. The van der Waals surface area contributed by atoms with E-state index in [0.29, 0.717) is 21.9 Å². The summed E-state index contributed by atoms with van der Waals surface area (Å²) in [5, 5.41) is 3.76.